The van der Waals surface area contributed by atoms with E-state index in [1.54, 1.807) is 12.4 Å². The van der Waals surface area contributed by atoms with Crippen molar-refractivity contribution in [2.24, 2.45) is 4.99 Å². The molecule has 2 aromatic carbocycles. The minimum Gasteiger partial charge on any atom is -0.285 e. The average molecular weight is 292 g/mol. The molecule has 3 aromatic rings. The van der Waals surface area contributed by atoms with Gasteiger partial charge in [-0.3, -0.25) is 9.56 Å². The molecule has 1 aromatic heterocycles. The average Bonchev–Trinajstić information content (AvgIpc) is 2.98. The predicted octanol–water partition coefficient (Wildman–Crippen LogP) is 2.80. The highest BCUT2D eigenvalue weighted by atomic mass is 19.1. The van der Waals surface area contributed by atoms with Crippen LogP contribution < -0.4 is 0 Å². The van der Waals surface area contributed by atoms with Gasteiger partial charge in [0.25, 0.3) is 0 Å². The highest BCUT2D eigenvalue weighted by Crippen LogP contribution is 2.23. The number of halogens is 1. The second kappa shape index (κ2) is 5.18. The summed E-state index contributed by atoms with van der Waals surface area (Å²) in [5.74, 6) is 0.557. The molecule has 4 rings (SSSR count). The third kappa shape index (κ3) is 2.11. The molecular formula is C17H13FN4. The smallest absolute Gasteiger partial charge is 0.139 e. The summed E-state index contributed by atoms with van der Waals surface area (Å²) in [7, 11) is 0. The Kier molecular flexibility index (Phi) is 3.04. The molecule has 108 valence electrons. The fourth-order valence-corrected chi connectivity index (χ4v) is 2.73. The molecule has 0 saturated heterocycles. The molecule has 1 aliphatic rings. The van der Waals surface area contributed by atoms with Crippen LogP contribution in [0, 0.1) is 5.82 Å². The summed E-state index contributed by atoms with van der Waals surface area (Å²) in [6, 6.07) is 14.6. The number of hydrogen-bond acceptors (Lipinski definition) is 3. The number of nitrogens with zero attached hydrogens (tertiary/aromatic N) is 4. The van der Waals surface area contributed by atoms with Crippen LogP contribution in [-0.2, 0) is 6.42 Å². The van der Waals surface area contributed by atoms with Gasteiger partial charge in [-0.1, -0.05) is 30.3 Å². The van der Waals surface area contributed by atoms with Crippen LogP contribution >= 0.6 is 0 Å². The number of aliphatic imine (C=N–C) groups is 1. The fourth-order valence-electron chi connectivity index (χ4n) is 2.73. The standard InChI is InChI=1S/C17H13FN4/c18-13-6-7-15-14(10-13)17(12-4-2-1-3-5-12)19-9-8-16-21-20-11-22(15)16/h1-7,10-11H,8-9H2/b19-17-. The summed E-state index contributed by atoms with van der Waals surface area (Å²) in [5.41, 5.74) is 3.39. The monoisotopic (exact) mass is 292 g/mol. The number of benzene rings is 2. The maximum absolute atomic E-state index is 13.8. The van der Waals surface area contributed by atoms with Crippen molar-refractivity contribution in [2.45, 2.75) is 6.42 Å². The van der Waals surface area contributed by atoms with Crippen LogP contribution in [0.4, 0.5) is 4.39 Å². The first kappa shape index (κ1) is 12.9. The van der Waals surface area contributed by atoms with Crippen LogP contribution in [0.1, 0.15) is 17.0 Å². The number of hydrogen-bond donors (Lipinski definition) is 0. The zero-order chi connectivity index (χ0) is 14.9. The number of aromatic nitrogens is 3. The van der Waals surface area contributed by atoms with E-state index in [0.29, 0.717) is 13.0 Å². The lowest BCUT2D eigenvalue weighted by Gasteiger charge is -2.17. The first-order chi connectivity index (χ1) is 10.8. The number of fused-ring (bicyclic) bond motifs is 3. The summed E-state index contributed by atoms with van der Waals surface area (Å²) in [6.45, 7) is 0.596. The molecule has 0 atom stereocenters. The van der Waals surface area contributed by atoms with E-state index in [1.807, 2.05) is 34.9 Å². The summed E-state index contributed by atoms with van der Waals surface area (Å²) < 4.78 is 15.7. The first-order valence-corrected chi connectivity index (χ1v) is 7.12. The van der Waals surface area contributed by atoms with Crippen LogP contribution in [0.2, 0.25) is 0 Å². The molecule has 0 N–H and O–H groups in total. The van der Waals surface area contributed by atoms with Gasteiger partial charge in [-0.2, -0.15) is 0 Å². The summed E-state index contributed by atoms with van der Waals surface area (Å²) >= 11 is 0. The second-order valence-corrected chi connectivity index (χ2v) is 5.12. The highest BCUT2D eigenvalue weighted by molar-refractivity contribution is 6.15. The molecule has 1 aliphatic heterocycles. The molecule has 0 spiro atoms. The van der Waals surface area contributed by atoms with Crippen molar-refractivity contribution in [3.63, 3.8) is 0 Å². The van der Waals surface area contributed by atoms with Crippen LogP contribution in [-0.4, -0.2) is 27.0 Å². The van der Waals surface area contributed by atoms with Crippen LogP contribution in [0.15, 0.2) is 59.9 Å². The Labute approximate surface area is 127 Å². The minimum atomic E-state index is -0.280. The number of rotatable bonds is 1. The van der Waals surface area contributed by atoms with Crippen LogP contribution in [0.5, 0.6) is 0 Å². The van der Waals surface area contributed by atoms with E-state index < -0.39 is 0 Å². The fraction of sp³-hybridized carbons (Fsp3) is 0.118. The molecule has 0 radical (unpaired) electrons. The second-order valence-electron chi connectivity index (χ2n) is 5.12. The summed E-state index contributed by atoms with van der Waals surface area (Å²) in [5, 5.41) is 8.10. The van der Waals surface area contributed by atoms with E-state index in [1.165, 1.54) is 12.1 Å². The maximum Gasteiger partial charge on any atom is 0.139 e. The molecule has 0 saturated carbocycles. The molecule has 0 aliphatic carbocycles. The molecular weight excluding hydrogens is 279 g/mol. The Morgan fingerprint density at radius 2 is 1.91 bits per heavy atom. The maximum atomic E-state index is 13.8. The third-order valence-electron chi connectivity index (χ3n) is 3.74. The first-order valence-electron chi connectivity index (χ1n) is 7.12. The van der Waals surface area contributed by atoms with Gasteiger partial charge in [-0.25, -0.2) is 4.39 Å². The van der Waals surface area contributed by atoms with Crippen molar-refractivity contribution in [2.75, 3.05) is 6.54 Å². The third-order valence-corrected chi connectivity index (χ3v) is 3.74. The normalized spacial score (nSPS) is 16.0. The quantitative estimate of drug-likeness (QED) is 0.692. The lowest BCUT2D eigenvalue weighted by molar-refractivity contribution is 0.626. The summed E-state index contributed by atoms with van der Waals surface area (Å²) in [6.07, 6.45) is 2.37. The molecule has 0 bridgehead atoms. The lowest BCUT2D eigenvalue weighted by atomic mass is 9.99. The van der Waals surface area contributed by atoms with E-state index in [-0.39, 0.29) is 5.82 Å². The van der Waals surface area contributed by atoms with Crippen molar-refractivity contribution in [3.8, 4) is 5.69 Å². The van der Waals surface area contributed by atoms with E-state index in [9.17, 15) is 4.39 Å². The van der Waals surface area contributed by atoms with Crippen LogP contribution in [0.25, 0.3) is 5.69 Å². The van der Waals surface area contributed by atoms with Gasteiger partial charge in [0, 0.05) is 24.1 Å². The molecule has 5 heteroatoms. The largest absolute Gasteiger partial charge is 0.285 e. The topological polar surface area (TPSA) is 43.1 Å². The summed E-state index contributed by atoms with van der Waals surface area (Å²) in [4.78, 5) is 4.68. The van der Waals surface area contributed by atoms with Crippen LogP contribution in [0.3, 0.4) is 0 Å². The van der Waals surface area contributed by atoms with Gasteiger partial charge in [-0.15, -0.1) is 10.2 Å². The van der Waals surface area contributed by atoms with E-state index in [0.717, 1.165) is 28.4 Å². The Morgan fingerprint density at radius 3 is 2.77 bits per heavy atom. The van der Waals surface area contributed by atoms with E-state index in [4.69, 9.17) is 0 Å². The Balaban J connectivity index is 1.98. The predicted molar refractivity (Wildman–Crippen MR) is 82.0 cm³/mol. The molecule has 22 heavy (non-hydrogen) atoms. The van der Waals surface area contributed by atoms with Gasteiger partial charge in [0.15, 0.2) is 0 Å². The molecule has 2 heterocycles. The van der Waals surface area contributed by atoms with Gasteiger partial charge in [-0.05, 0) is 18.2 Å². The molecule has 0 unspecified atom stereocenters. The van der Waals surface area contributed by atoms with Crippen molar-refractivity contribution in [1.82, 2.24) is 14.8 Å². The Bertz CT molecular complexity index is 852. The van der Waals surface area contributed by atoms with E-state index >= 15 is 0 Å². The van der Waals surface area contributed by atoms with Crippen molar-refractivity contribution in [3.05, 3.63) is 77.6 Å². The SMILES string of the molecule is Fc1ccc2c(c1)/C(c1ccccc1)=N\CCc1nncn1-2. The van der Waals surface area contributed by atoms with Gasteiger partial charge in [0.05, 0.1) is 11.4 Å². The van der Waals surface area contributed by atoms with Gasteiger partial charge in [0.2, 0.25) is 0 Å². The zero-order valence-electron chi connectivity index (χ0n) is 11.8. The zero-order valence-corrected chi connectivity index (χ0v) is 11.8. The molecule has 4 nitrogen and oxygen atoms in total. The highest BCUT2D eigenvalue weighted by Gasteiger charge is 2.18. The van der Waals surface area contributed by atoms with Gasteiger partial charge < -0.3 is 0 Å². The van der Waals surface area contributed by atoms with Crippen molar-refractivity contribution >= 4 is 5.71 Å². The Hall–Kier alpha value is -2.82. The minimum absolute atomic E-state index is 0.280. The van der Waals surface area contributed by atoms with Gasteiger partial charge in [0.1, 0.15) is 18.0 Å². The lowest BCUT2D eigenvalue weighted by Crippen LogP contribution is -2.15. The molecule has 0 fully saturated rings. The van der Waals surface area contributed by atoms with E-state index in [2.05, 4.69) is 15.2 Å². The van der Waals surface area contributed by atoms with Crippen molar-refractivity contribution in [1.29, 1.82) is 0 Å². The Morgan fingerprint density at radius 1 is 1.05 bits per heavy atom. The van der Waals surface area contributed by atoms with Crippen molar-refractivity contribution < 1.29 is 4.39 Å². The molecule has 0 amide bonds. The van der Waals surface area contributed by atoms with Gasteiger partial charge >= 0.3 is 0 Å².